The van der Waals surface area contributed by atoms with Gasteiger partial charge in [0.1, 0.15) is 10.9 Å². The van der Waals surface area contributed by atoms with Crippen molar-refractivity contribution in [2.24, 2.45) is 4.99 Å². The summed E-state index contributed by atoms with van der Waals surface area (Å²) in [6, 6.07) is 9.66. The quantitative estimate of drug-likeness (QED) is 0.904. The van der Waals surface area contributed by atoms with Crippen molar-refractivity contribution in [2.45, 2.75) is 6.92 Å². The predicted molar refractivity (Wildman–Crippen MR) is 76.7 cm³/mol. The highest BCUT2D eigenvalue weighted by Gasteiger charge is 2.24. The van der Waals surface area contributed by atoms with Crippen LogP contribution in [0.3, 0.4) is 0 Å². The van der Waals surface area contributed by atoms with Crippen LogP contribution in [0.4, 0.5) is 5.82 Å². The minimum absolute atomic E-state index is 0.119. The third kappa shape index (κ3) is 2.04. The lowest BCUT2D eigenvalue weighted by molar-refractivity contribution is -0.115. The molecule has 0 unspecified atom stereocenters. The van der Waals surface area contributed by atoms with E-state index in [1.807, 2.05) is 37.3 Å². The zero-order chi connectivity index (χ0) is 13.4. The van der Waals surface area contributed by atoms with Crippen LogP contribution in [0.5, 0.6) is 0 Å². The van der Waals surface area contributed by atoms with Gasteiger partial charge in [0.2, 0.25) is 0 Å². The lowest BCUT2D eigenvalue weighted by Crippen LogP contribution is -2.04. The normalized spacial score (nSPS) is 14.8. The van der Waals surface area contributed by atoms with Gasteiger partial charge in [0.15, 0.2) is 0 Å². The minimum atomic E-state index is -0.119. The molecule has 1 aromatic carbocycles. The second-order valence-corrected chi connectivity index (χ2v) is 5.16. The van der Waals surface area contributed by atoms with Crippen LogP contribution in [0, 0.1) is 6.92 Å². The molecule has 5 nitrogen and oxygen atoms in total. The van der Waals surface area contributed by atoms with Crippen molar-refractivity contribution in [3.05, 3.63) is 41.6 Å². The molecule has 0 saturated heterocycles. The van der Waals surface area contributed by atoms with E-state index in [9.17, 15) is 4.79 Å². The first-order valence-electron chi connectivity index (χ1n) is 5.82. The van der Waals surface area contributed by atoms with Gasteiger partial charge < -0.3 is 5.73 Å². The van der Waals surface area contributed by atoms with Gasteiger partial charge in [-0.3, -0.25) is 4.79 Å². The summed E-state index contributed by atoms with van der Waals surface area (Å²) in [6.07, 6.45) is 0. The molecule has 1 aromatic heterocycles. The fraction of sp³-hybridized carbons (Fsp3) is 0.154. The molecule has 6 heteroatoms. The highest BCUT2D eigenvalue weighted by molar-refractivity contribution is 8.15. The number of nitrogen functional groups attached to an aromatic ring is 1. The van der Waals surface area contributed by atoms with Crippen LogP contribution in [0.1, 0.15) is 11.3 Å². The molecule has 2 N–H and O–H groups in total. The fourth-order valence-electron chi connectivity index (χ4n) is 2.01. The molecular weight excluding hydrogens is 260 g/mol. The number of hydrogen-bond donors (Lipinski definition) is 1. The summed E-state index contributed by atoms with van der Waals surface area (Å²) in [4.78, 5) is 15.2. The van der Waals surface area contributed by atoms with E-state index in [2.05, 4.69) is 10.1 Å². The zero-order valence-electron chi connectivity index (χ0n) is 10.3. The summed E-state index contributed by atoms with van der Waals surface area (Å²) in [5.74, 6) is 0.779. The number of anilines is 1. The zero-order valence-corrected chi connectivity index (χ0v) is 11.1. The van der Waals surface area contributed by atoms with E-state index in [-0.39, 0.29) is 5.91 Å². The first-order chi connectivity index (χ1) is 9.16. The summed E-state index contributed by atoms with van der Waals surface area (Å²) >= 11 is 1.41. The van der Waals surface area contributed by atoms with Crippen molar-refractivity contribution >= 4 is 28.5 Å². The second-order valence-electron chi connectivity index (χ2n) is 4.19. The van der Waals surface area contributed by atoms with Gasteiger partial charge in [-0.05, 0) is 19.1 Å². The molecule has 0 bridgehead atoms. The van der Waals surface area contributed by atoms with Gasteiger partial charge in [0.05, 0.1) is 22.7 Å². The number of nitrogens with two attached hydrogens (primary N) is 1. The molecule has 0 atom stereocenters. The van der Waals surface area contributed by atoms with Gasteiger partial charge in [-0.15, -0.1) is 0 Å². The highest BCUT2D eigenvalue weighted by atomic mass is 32.2. The van der Waals surface area contributed by atoms with Gasteiger partial charge in [-0.1, -0.05) is 30.0 Å². The molecule has 3 rings (SSSR count). The Bertz CT molecular complexity index is 675. The molecule has 2 aromatic rings. The Morgan fingerprint density at radius 2 is 2.05 bits per heavy atom. The number of aryl methyl sites for hydroxylation is 1. The SMILES string of the molecule is Cc1nn(-c2ccccc2)c(N)c1C1=NC(=O)CS1. The Labute approximate surface area is 114 Å². The Kier molecular flexibility index (Phi) is 2.87. The third-order valence-corrected chi connectivity index (χ3v) is 3.83. The van der Waals surface area contributed by atoms with E-state index in [4.69, 9.17) is 5.73 Å². The number of hydrogen-bond acceptors (Lipinski definition) is 4. The van der Waals surface area contributed by atoms with Crippen LogP contribution < -0.4 is 5.73 Å². The number of thioether (sulfide) groups is 1. The number of para-hydroxylation sites is 1. The molecule has 19 heavy (non-hydrogen) atoms. The molecule has 0 fully saturated rings. The average molecular weight is 272 g/mol. The van der Waals surface area contributed by atoms with Crippen molar-refractivity contribution in [1.29, 1.82) is 0 Å². The smallest absolute Gasteiger partial charge is 0.257 e. The van der Waals surface area contributed by atoms with Gasteiger partial charge >= 0.3 is 0 Å². The van der Waals surface area contributed by atoms with E-state index in [0.29, 0.717) is 16.6 Å². The molecule has 1 amide bonds. The topological polar surface area (TPSA) is 73.3 Å². The molecule has 96 valence electrons. The summed E-state index contributed by atoms with van der Waals surface area (Å²) in [6.45, 7) is 1.87. The van der Waals surface area contributed by atoms with Gasteiger partial charge in [0, 0.05) is 0 Å². The lowest BCUT2D eigenvalue weighted by Gasteiger charge is -2.04. The number of nitrogens with zero attached hydrogens (tertiary/aromatic N) is 3. The highest BCUT2D eigenvalue weighted by Crippen LogP contribution is 2.28. The molecule has 0 spiro atoms. The van der Waals surface area contributed by atoms with E-state index >= 15 is 0 Å². The number of carbonyl (C=O) groups excluding carboxylic acids is 1. The van der Waals surface area contributed by atoms with E-state index in [1.165, 1.54) is 11.8 Å². The number of aliphatic imine (C=N–C) groups is 1. The number of carbonyl (C=O) groups is 1. The standard InChI is InChI=1S/C13H12N4OS/c1-8-11(13-15-10(18)7-19-13)12(14)17(16-8)9-5-3-2-4-6-9/h2-6H,7,14H2,1H3. The predicted octanol–water partition coefficient (Wildman–Crippen LogP) is 1.78. The van der Waals surface area contributed by atoms with Crippen LogP contribution in [0.15, 0.2) is 35.3 Å². The Balaban J connectivity index is 2.12. The maximum absolute atomic E-state index is 11.2. The molecule has 0 aliphatic carbocycles. The van der Waals surface area contributed by atoms with Crippen LogP contribution in [-0.2, 0) is 4.79 Å². The first kappa shape index (κ1) is 12.0. The third-order valence-electron chi connectivity index (χ3n) is 2.87. The van der Waals surface area contributed by atoms with Gasteiger partial charge in [0.25, 0.3) is 5.91 Å². The largest absolute Gasteiger partial charge is 0.383 e. The Morgan fingerprint density at radius 1 is 1.32 bits per heavy atom. The number of rotatable bonds is 2. The Hall–Kier alpha value is -2.08. The van der Waals surface area contributed by atoms with Crippen molar-refractivity contribution in [2.75, 3.05) is 11.5 Å². The average Bonchev–Trinajstić information content (AvgIpc) is 2.95. The molecule has 1 aliphatic rings. The van der Waals surface area contributed by atoms with Crippen LogP contribution in [0.2, 0.25) is 0 Å². The number of aromatic nitrogens is 2. The van der Waals surface area contributed by atoms with E-state index in [1.54, 1.807) is 4.68 Å². The maximum atomic E-state index is 11.2. The van der Waals surface area contributed by atoms with Crippen LogP contribution >= 0.6 is 11.8 Å². The summed E-state index contributed by atoms with van der Waals surface area (Å²) in [5.41, 5.74) is 8.59. The fourth-order valence-corrected chi connectivity index (χ4v) is 2.90. The van der Waals surface area contributed by atoms with Crippen molar-refractivity contribution < 1.29 is 4.79 Å². The number of amides is 1. The van der Waals surface area contributed by atoms with Crippen LogP contribution in [-0.4, -0.2) is 26.5 Å². The summed E-state index contributed by atoms with van der Waals surface area (Å²) in [7, 11) is 0. The number of benzene rings is 1. The van der Waals surface area contributed by atoms with E-state index < -0.39 is 0 Å². The molecule has 0 radical (unpaired) electrons. The van der Waals surface area contributed by atoms with Gasteiger partial charge in [-0.25, -0.2) is 9.67 Å². The lowest BCUT2D eigenvalue weighted by atomic mass is 10.2. The van der Waals surface area contributed by atoms with Gasteiger partial charge in [-0.2, -0.15) is 5.10 Å². The Morgan fingerprint density at radius 3 is 2.68 bits per heavy atom. The minimum Gasteiger partial charge on any atom is -0.383 e. The first-order valence-corrected chi connectivity index (χ1v) is 6.80. The molecule has 1 aliphatic heterocycles. The summed E-state index contributed by atoms with van der Waals surface area (Å²) < 4.78 is 1.68. The monoisotopic (exact) mass is 272 g/mol. The second kappa shape index (κ2) is 4.55. The van der Waals surface area contributed by atoms with Crippen molar-refractivity contribution in [1.82, 2.24) is 9.78 Å². The molecular formula is C13H12N4OS. The molecule has 0 saturated carbocycles. The molecule has 2 heterocycles. The van der Waals surface area contributed by atoms with Crippen molar-refractivity contribution in [3.8, 4) is 5.69 Å². The summed E-state index contributed by atoms with van der Waals surface area (Å²) in [5, 5.41) is 5.10. The van der Waals surface area contributed by atoms with Crippen molar-refractivity contribution in [3.63, 3.8) is 0 Å². The maximum Gasteiger partial charge on any atom is 0.257 e. The van der Waals surface area contributed by atoms with E-state index in [0.717, 1.165) is 16.9 Å². The van der Waals surface area contributed by atoms with Crippen LogP contribution in [0.25, 0.3) is 5.69 Å².